The Balaban J connectivity index is 2.35. The van der Waals surface area contributed by atoms with Crippen LogP contribution in [0.3, 0.4) is 0 Å². The van der Waals surface area contributed by atoms with E-state index < -0.39 is 15.0 Å². The second kappa shape index (κ2) is 7.24. The van der Waals surface area contributed by atoms with Crippen LogP contribution in [0, 0.1) is 33.5 Å². The maximum absolute atomic E-state index is 10.5. The first-order valence-electron chi connectivity index (χ1n) is 9.07. The van der Waals surface area contributed by atoms with E-state index in [1.165, 1.54) is 0 Å². The molecule has 3 atom stereocenters. The van der Waals surface area contributed by atoms with Gasteiger partial charge in [-0.2, -0.15) is 10.5 Å². The zero-order valence-corrected chi connectivity index (χ0v) is 17.5. The summed E-state index contributed by atoms with van der Waals surface area (Å²) in [7, 11) is 0. The number of nitrogens with one attached hydrogen (secondary N) is 1. The fourth-order valence-corrected chi connectivity index (χ4v) is 7.62. The molecule has 0 amide bonds. The monoisotopic (exact) mass is 399 g/mol. The van der Waals surface area contributed by atoms with E-state index in [4.69, 9.17) is 5.73 Å². The number of quaternary nitrogens is 1. The Morgan fingerprint density at radius 1 is 1.15 bits per heavy atom. The molecule has 27 heavy (non-hydrogen) atoms. The van der Waals surface area contributed by atoms with Crippen molar-refractivity contribution in [1.82, 2.24) is 0 Å². The second-order valence-corrected chi connectivity index (χ2v) is 10.0. The molecule has 2 heterocycles. The zero-order valence-electron chi connectivity index (χ0n) is 15.8. The highest BCUT2D eigenvalue weighted by Crippen LogP contribution is 2.62. The summed E-state index contributed by atoms with van der Waals surface area (Å²) in [5.41, 5.74) is 6.30. The Morgan fingerprint density at radius 3 is 2.30 bits per heavy atom. The fraction of sp³-hybridized carbons (Fsp3) is 0.450. The number of hydrogen-bond donors (Lipinski definition) is 3. The molecule has 0 aromatic heterocycles. The summed E-state index contributed by atoms with van der Waals surface area (Å²) in [6.07, 6.45) is 1.97. The summed E-state index contributed by atoms with van der Waals surface area (Å²) in [6.45, 7) is 6.14. The van der Waals surface area contributed by atoms with Crippen LogP contribution in [-0.4, -0.2) is 21.5 Å². The number of nitrogens with two attached hydrogens (primary N) is 2. The van der Waals surface area contributed by atoms with Crippen molar-refractivity contribution in [2.24, 2.45) is 16.6 Å². The molecule has 140 valence electrons. The van der Waals surface area contributed by atoms with Crippen molar-refractivity contribution in [2.75, 3.05) is 11.5 Å². The van der Waals surface area contributed by atoms with E-state index in [9.17, 15) is 10.5 Å². The van der Waals surface area contributed by atoms with Gasteiger partial charge in [0.05, 0.1) is 12.1 Å². The van der Waals surface area contributed by atoms with E-state index in [1.807, 2.05) is 43.3 Å². The molecular weight excluding hydrogens is 374 g/mol. The first kappa shape index (κ1) is 19.8. The molecule has 0 saturated heterocycles. The molecular formula is C20H25N5S2+2. The van der Waals surface area contributed by atoms with Gasteiger partial charge in [-0.3, -0.25) is 10.7 Å². The molecule has 2 aliphatic rings. The summed E-state index contributed by atoms with van der Waals surface area (Å²) < 4.78 is -0.701. The van der Waals surface area contributed by atoms with Crippen molar-refractivity contribution in [1.29, 1.82) is 10.5 Å². The number of allylic oxidation sites excluding steroid dienone is 1. The standard InChI is InChI=1S/C20H23N5S2/c1-4-26-20(27-5-2)18(12-21)11-14(3)24-16(15-9-7-6-8-10-15)19(18,13-22)17(23)25-20/h6-11,16,24H,4-5H2,1-3H3,(H2,23,25)/p+2/t16-,18+,19+/m0/s1. The number of nitriles is 2. The molecule has 2 aliphatic heterocycles. The minimum absolute atomic E-state index is 0.294. The Labute approximate surface area is 169 Å². The number of fused-ring (bicyclic) bond motifs is 1. The van der Waals surface area contributed by atoms with Gasteiger partial charge in [-0.05, 0) is 11.5 Å². The van der Waals surface area contributed by atoms with Crippen LogP contribution >= 0.6 is 23.5 Å². The van der Waals surface area contributed by atoms with Gasteiger partial charge in [-0.15, -0.1) is 0 Å². The molecule has 3 rings (SSSR count). The number of rotatable bonds is 5. The van der Waals surface area contributed by atoms with E-state index >= 15 is 0 Å². The van der Waals surface area contributed by atoms with Crippen LogP contribution in [0.5, 0.6) is 0 Å². The average molecular weight is 400 g/mol. The van der Waals surface area contributed by atoms with Gasteiger partial charge in [0.2, 0.25) is 9.62 Å². The minimum Gasteiger partial charge on any atom is -0.310 e. The van der Waals surface area contributed by atoms with E-state index in [1.54, 1.807) is 23.5 Å². The Morgan fingerprint density at radius 2 is 1.78 bits per heavy atom. The lowest BCUT2D eigenvalue weighted by Crippen LogP contribution is -2.90. The summed E-state index contributed by atoms with van der Waals surface area (Å²) in [6, 6.07) is 14.7. The molecule has 0 radical (unpaired) electrons. The van der Waals surface area contributed by atoms with Gasteiger partial charge < -0.3 is 5.32 Å². The molecule has 1 aromatic rings. The molecule has 0 unspecified atom stereocenters. The SMILES string of the molecule is CCSC1(SCC)[NH+]=C(N)[C@@]2(C#N)[C@H](c3ccccc3)[NH2+]C(C)=C[C@]12C#N. The molecule has 0 aliphatic carbocycles. The predicted molar refractivity (Wildman–Crippen MR) is 110 cm³/mol. The van der Waals surface area contributed by atoms with E-state index in [2.05, 4.69) is 36.3 Å². The summed E-state index contributed by atoms with van der Waals surface area (Å²) in [5, 5.41) is 23.1. The molecule has 5 nitrogen and oxygen atoms in total. The van der Waals surface area contributed by atoms with Crippen molar-refractivity contribution in [2.45, 2.75) is 31.0 Å². The first-order chi connectivity index (χ1) is 13.0. The highest BCUT2D eigenvalue weighted by Gasteiger charge is 2.80. The first-order valence-corrected chi connectivity index (χ1v) is 11.0. The predicted octanol–water partition coefficient (Wildman–Crippen LogP) is 0.840. The van der Waals surface area contributed by atoms with Gasteiger partial charge in [-0.1, -0.05) is 67.7 Å². The Kier molecular flexibility index (Phi) is 5.31. The largest absolute Gasteiger partial charge is 0.310 e. The van der Waals surface area contributed by atoms with Crippen LogP contribution in [0.1, 0.15) is 32.4 Å². The lowest BCUT2D eigenvalue weighted by atomic mass is 9.58. The van der Waals surface area contributed by atoms with E-state index in [-0.39, 0.29) is 6.04 Å². The van der Waals surface area contributed by atoms with Crippen LogP contribution in [-0.2, 0) is 0 Å². The maximum atomic E-state index is 10.5. The quantitative estimate of drug-likeness (QED) is 0.637. The maximum Gasteiger partial charge on any atom is 0.272 e. The zero-order chi connectivity index (χ0) is 19.7. The number of thioether (sulfide) groups is 2. The highest BCUT2D eigenvalue weighted by atomic mass is 32.2. The van der Waals surface area contributed by atoms with Gasteiger partial charge in [0.25, 0.3) is 5.84 Å². The number of benzene rings is 1. The smallest absolute Gasteiger partial charge is 0.272 e. The molecule has 7 heteroatoms. The summed E-state index contributed by atoms with van der Waals surface area (Å²) in [4.78, 5) is 3.43. The number of hydrogen-bond acceptors (Lipinski definition) is 5. The Hall–Kier alpha value is -1.93. The van der Waals surface area contributed by atoms with Crippen molar-refractivity contribution >= 4 is 29.4 Å². The van der Waals surface area contributed by atoms with E-state index in [0.29, 0.717) is 5.84 Å². The van der Waals surface area contributed by atoms with Crippen molar-refractivity contribution < 1.29 is 10.3 Å². The summed E-state index contributed by atoms with van der Waals surface area (Å²) >= 11 is 3.31. The van der Waals surface area contributed by atoms with Gasteiger partial charge in [0.15, 0.2) is 5.41 Å². The average Bonchev–Trinajstić information content (AvgIpc) is 2.88. The van der Waals surface area contributed by atoms with Crippen LogP contribution in [0.2, 0.25) is 0 Å². The second-order valence-electron chi connectivity index (χ2n) is 6.80. The molecule has 1 aromatic carbocycles. The summed E-state index contributed by atoms with van der Waals surface area (Å²) in [5.74, 6) is 2.01. The normalized spacial score (nSPS) is 31.2. The van der Waals surface area contributed by atoms with Crippen molar-refractivity contribution in [3.8, 4) is 12.1 Å². The third-order valence-corrected chi connectivity index (χ3v) is 8.36. The minimum atomic E-state index is -1.17. The third-order valence-electron chi connectivity index (χ3n) is 5.41. The molecule has 0 bridgehead atoms. The van der Waals surface area contributed by atoms with Gasteiger partial charge >= 0.3 is 0 Å². The lowest BCUT2D eigenvalue weighted by Gasteiger charge is -2.44. The molecule has 0 saturated carbocycles. The van der Waals surface area contributed by atoms with Crippen LogP contribution < -0.4 is 16.0 Å². The fourth-order valence-electron chi connectivity index (χ4n) is 4.41. The topological polar surface area (TPSA) is 104 Å². The Bertz CT molecular complexity index is 861. The van der Waals surface area contributed by atoms with Crippen molar-refractivity contribution in [3.63, 3.8) is 0 Å². The third kappa shape index (κ3) is 2.53. The highest BCUT2D eigenvalue weighted by molar-refractivity contribution is 8.17. The van der Waals surface area contributed by atoms with Crippen LogP contribution in [0.25, 0.3) is 0 Å². The van der Waals surface area contributed by atoms with Gasteiger partial charge in [-0.25, -0.2) is 0 Å². The van der Waals surface area contributed by atoms with Crippen molar-refractivity contribution in [3.05, 3.63) is 47.7 Å². The number of nitrogens with zero attached hydrogens (tertiary/aromatic N) is 2. The molecule has 5 N–H and O–H groups in total. The lowest BCUT2D eigenvalue weighted by molar-refractivity contribution is -0.667. The van der Waals surface area contributed by atoms with E-state index in [0.717, 1.165) is 22.8 Å². The van der Waals surface area contributed by atoms with Gasteiger partial charge in [0.1, 0.15) is 11.7 Å². The van der Waals surface area contributed by atoms with Gasteiger partial charge in [0, 0.05) is 18.6 Å². The van der Waals surface area contributed by atoms with Crippen LogP contribution in [0.15, 0.2) is 42.1 Å². The molecule has 0 fully saturated rings. The molecule has 0 spiro atoms. The van der Waals surface area contributed by atoms with Crippen LogP contribution in [0.4, 0.5) is 0 Å². The number of amidine groups is 1.